The molecule has 1 aliphatic rings. The van der Waals surface area contributed by atoms with Gasteiger partial charge in [-0.2, -0.15) is 0 Å². The van der Waals surface area contributed by atoms with Crippen molar-refractivity contribution in [1.82, 2.24) is 24.8 Å². The molecule has 1 saturated heterocycles. The molecule has 7 nitrogen and oxygen atoms in total. The van der Waals surface area contributed by atoms with Crippen LogP contribution in [0, 0.1) is 5.82 Å². The molecule has 1 fully saturated rings. The Hall–Kier alpha value is -2.62. The van der Waals surface area contributed by atoms with Crippen molar-refractivity contribution < 1.29 is 9.18 Å². The number of rotatable bonds is 7. The van der Waals surface area contributed by atoms with Crippen LogP contribution < -0.4 is 5.32 Å². The van der Waals surface area contributed by atoms with Crippen LogP contribution in [0.25, 0.3) is 10.4 Å². The molecule has 0 radical (unpaired) electrons. The topological polar surface area (TPSA) is 74.2 Å². The Morgan fingerprint density at radius 3 is 2.67 bits per heavy atom. The maximum atomic E-state index is 13.7. The molecule has 33 heavy (non-hydrogen) atoms. The number of benzene rings is 1. The highest BCUT2D eigenvalue weighted by molar-refractivity contribution is 7.15. The summed E-state index contributed by atoms with van der Waals surface area (Å²) in [4.78, 5) is 31.5. The number of hydrogen-bond donors (Lipinski definition) is 1. The van der Waals surface area contributed by atoms with Crippen LogP contribution in [0.3, 0.4) is 0 Å². The number of carbonyl (C=O) groups excluding carboxylic acids is 1. The normalized spacial score (nSPS) is 16.3. The van der Waals surface area contributed by atoms with Gasteiger partial charge < -0.3 is 15.1 Å². The summed E-state index contributed by atoms with van der Waals surface area (Å²) in [7, 11) is 3.93. The van der Waals surface area contributed by atoms with Crippen LogP contribution in [0.2, 0.25) is 5.02 Å². The van der Waals surface area contributed by atoms with Crippen molar-refractivity contribution in [3.05, 3.63) is 58.2 Å². The highest BCUT2D eigenvalue weighted by Gasteiger charge is 2.31. The molecule has 1 N–H and O–H groups in total. The monoisotopic (exact) mass is 488 g/mol. The Labute approximate surface area is 201 Å². The van der Waals surface area contributed by atoms with Gasteiger partial charge >= 0.3 is 0 Å². The summed E-state index contributed by atoms with van der Waals surface area (Å²) in [6, 6.07) is 6.22. The van der Waals surface area contributed by atoms with Gasteiger partial charge in [-0.1, -0.05) is 23.7 Å². The van der Waals surface area contributed by atoms with Crippen LogP contribution in [-0.4, -0.2) is 63.9 Å². The van der Waals surface area contributed by atoms with Crippen molar-refractivity contribution in [2.45, 2.75) is 31.8 Å². The van der Waals surface area contributed by atoms with E-state index >= 15 is 0 Å². The molecule has 0 saturated carbocycles. The molecule has 1 aromatic carbocycles. The third-order valence-corrected chi connectivity index (χ3v) is 6.72. The largest absolute Gasteiger partial charge is 0.352 e. The van der Waals surface area contributed by atoms with Gasteiger partial charge in [-0.05, 0) is 51.1 Å². The van der Waals surface area contributed by atoms with E-state index in [2.05, 4.69) is 15.3 Å². The van der Waals surface area contributed by atoms with Crippen molar-refractivity contribution in [3.8, 4) is 10.4 Å². The molecule has 0 bridgehead atoms. The summed E-state index contributed by atoms with van der Waals surface area (Å²) < 4.78 is 13.5. The van der Waals surface area contributed by atoms with Crippen molar-refractivity contribution in [3.63, 3.8) is 0 Å². The molecule has 1 aliphatic heterocycles. The molecule has 174 valence electrons. The van der Waals surface area contributed by atoms with Crippen LogP contribution in [0.1, 0.15) is 34.8 Å². The maximum absolute atomic E-state index is 13.7. The average Bonchev–Trinajstić information content (AvgIpc) is 3.22. The Balaban J connectivity index is 1.59. The standard InChI is InChI=1S/C23H26ClFN6OS/c1-30(2)14-19-29-20(21(33-19)15-6-8-17(25)9-7-15)22(32)31-10-4-3-5-18(31)13-28-23-26-11-16(24)12-27-23/h6-9,11-12,18H,3-5,10,13-14H2,1-2H3,(H,26,27,28). The van der Waals surface area contributed by atoms with Crippen LogP contribution in [0.5, 0.6) is 0 Å². The number of nitrogens with one attached hydrogen (secondary N) is 1. The SMILES string of the molecule is CN(C)Cc1nc(C(=O)N2CCCCC2CNc2ncc(Cl)cn2)c(-c2ccc(F)cc2)s1. The minimum atomic E-state index is -0.309. The molecule has 0 spiro atoms. The van der Waals surface area contributed by atoms with Crippen molar-refractivity contribution in [1.29, 1.82) is 0 Å². The first-order valence-electron chi connectivity index (χ1n) is 10.8. The lowest BCUT2D eigenvalue weighted by Crippen LogP contribution is -2.47. The second-order valence-electron chi connectivity index (χ2n) is 8.28. The number of piperidine rings is 1. The molecule has 0 aliphatic carbocycles. The number of nitrogens with zero attached hydrogens (tertiary/aromatic N) is 5. The van der Waals surface area contributed by atoms with Gasteiger partial charge in [0, 0.05) is 25.7 Å². The number of amides is 1. The smallest absolute Gasteiger partial charge is 0.274 e. The van der Waals surface area contributed by atoms with E-state index in [0.29, 0.717) is 36.3 Å². The molecule has 10 heteroatoms. The number of likely N-dealkylation sites (tertiary alicyclic amines) is 1. The van der Waals surface area contributed by atoms with Gasteiger partial charge in [0.25, 0.3) is 5.91 Å². The van der Waals surface area contributed by atoms with Crippen molar-refractivity contribution in [2.75, 3.05) is 32.5 Å². The third kappa shape index (κ3) is 5.85. The van der Waals surface area contributed by atoms with E-state index in [4.69, 9.17) is 16.6 Å². The minimum Gasteiger partial charge on any atom is -0.352 e. The molecule has 4 rings (SSSR count). The highest BCUT2D eigenvalue weighted by atomic mass is 35.5. The van der Waals surface area contributed by atoms with Crippen LogP contribution in [-0.2, 0) is 6.54 Å². The lowest BCUT2D eigenvalue weighted by atomic mass is 10.0. The van der Waals surface area contributed by atoms with Gasteiger partial charge in [0.2, 0.25) is 5.95 Å². The van der Waals surface area contributed by atoms with Gasteiger partial charge in [0.05, 0.1) is 22.3 Å². The third-order valence-electron chi connectivity index (χ3n) is 5.44. The van der Waals surface area contributed by atoms with E-state index in [-0.39, 0.29) is 17.8 Å². The molecular weight excluding hydrogens is 463 g/mol. The number of halogens is 2. The predicted molar refractivity (Wildman–Crippen MR) is 129 cm³/mol. The van der Waals surface area contributed by atoms with E-state index < -0.39 is 0 Å². The average molecular weight is 489 g/mol. The maximum Gasteiger partial charge on any atom is 0.274 e. The Kier molecular flexibility index (Phi) is 7.52. The Bertz CT molecular complexity index is 1090. The van der Waals surface area contributed by atoms with E-state index in [1.54, 1.807) is 12.1 Å². The van der Waals surface area contributed by atoms with Gasteiger partial charge in [-0.3, -0.25) is 4.79 Å². The summed E-state index contributed by atoms with van der Waals surface area (Å²) in [5, 5.41) is 4.54. The zero-order valence-corrected chi connectivity index (χ0v) is 20.2. The van der Waals surface area contributed by atoms with Gasteiger partial charge in [-0.25, -0.2) is 19.3 Å². The molecule has 2 aromatic heterocycles. The number of thiazole rings is 1. The zero-order valence-electron chi connectivity index (χ0n) is 18.6. The quantitative estimate of drug-likeness (QED) is 0.525. The molecule has 1 unspecified atom stereocenters. The lowest BCUT2D eigenvalue weighted by molar-refractivity contribution is 0.0623. The van der Waals surface area contributed by atoms with Crippen LogP contribution >= 0.6 is 22.9 Å². The fraction of sp³-hybridized carbons (Fsp3) is 0.391. The van der Waals surface area contributed by atoms with E-state index in [1.165, 1.54) is 35.9 Å². The fourth-order valence-electron chi connectivity index (χ4n) is 3.87. The Morgan fingerprint density at radius 2 is 1.97 bits per heavy atom. The summed E-state index contributed by atoms with van der Waals surface area (Å²) in [6.07, 6.45) is 5.95. The van der Waals surface area contributed by atoms with Gasteiger partial charge in [-0.15, -0.1) is 11.3 Å². The summed E-state index contributed by atoms with van der Waals surface area (Å²) in [5.41, 5.74) is 1.22. The zero-order chi connectivity index (χ0) is 23.4. The second kappa shape index (κ2) is 10.5. The van der Waals surface area contributed by atoms with E-state index in [9.17, 15) is 9.18 Å². The van der Waals surface area contributed by atoms with Crippen LogP contribution in [0.15, 0.2) is 36.7 Å². The predicted octanol–water partition coefficient (Wildman–Crippen LogP) is 4.56. The number of hydrogen-bond acceptors (Lipinski definition) is 7. The van der Waals surface area contributed by atoms with Crippen molar-refractivity contribution in [2.24, 2.45) is 0 Å². The van der Waals surface area contributed by atoms with Crippen LogP contribution in [0.4, 0.5) is 10.3 Å². The molecular formula is C23H26ClFN6OS. The summed E-state index contributed by atoms with van der Waals surface area (Å²) in [5.74, 6) is 0.0710. The summed E-state index contributed by atoms with van der Waals surface area (Å²) in [6.45, 7) is 1.83. The number of anilines is 1. The fourth-order valence-corrected chi connectivity index (χ4v) is 5.15. The van der Waals surface area contributed by atoms with Crippen molar-refractivity contribution >= 4 is 34.8 Å². The first-order chi connectivity index (χ1) is 15.9. The first kappa shape index (κ1) is 23.5. The first-order valence-corrected chi connectivity index (χ1v) is 12.0. The number of aromatic nitrogens is 3. The molecule has 1 atom stereocenters. The molecule has 1 amide bonds. The lowest BCUT2D eigenvalue weighted by Gasteiger charge is -2.35. The Morgan fingerprint density at radius 1 is 1.24 bits per heavy atom. The number of carbonyl (C=O) groups is 1. The molecule has 3 heterocycles. The summed E-state index contributed by atoms with van der Waals surface area (Å²) >= 11 is 7.35. The van der Waals surface area contributed by atoms with Gasteiger partial charge in [0.1, 0.15) is 16.5 Å². The minimum absolute atomic E-state index is 0.00871. The highest BCUT2D eigenvalue weighted by Crippen LogP contribution is 2.33. The molecule has 3 aromatic rings. The van der Waals surface area contributed by atoms with E-state index in [1.807, 2.05) is 23.9 Å². The second-order valence-corrected chi connectivity index (χ2v) is 9.80. The van der Waals surface area contributed by atoms with Gasteiger partial charge in [0.15, 0.2) is 0 Å². The van der Waals surface area contributed by atoms with E-state index in [0.717, 1.165) is 34.7 Å².